The first kappa shape index (κ1) is 15.1. The van der Waals surface area contributed by atoms with Crippen LogP contribution in [0.25, 0.3) is 0 Å². The zero-order chi connectivity index (χ0) is 14.8. The Labute approximate surface area is 117 Å². The zero-order valence-corrected chi connectivity index (χ0v) is 10.8. The highest BCUT2D eigenvalue weighted by Crippen LogP contribution is 2.04. The van der Waals surface area contributed by atoms with E-state index in [9.17, 15) is 9.59 Å². The predicted molar refractivity (Wildman–Crippen MR) is 75.7 cm³/mol. The van der Waals surface area contributed by atoms with E-state index in [0.29, 0.717) is 11.4 Å². The minimum Gasteiger partial charge on any atom is -0.361 e. The number of hydrogen-bond acceptors (Lipinski definition) is 4. The van der Waals surface area contributed by atoms with E-state index in [1.165, 1.54) is 6.20 Å². The lowest BCUT2D eigenvalue weighted by atomic mass is 10.2. The molecule has 0 bridgehead atoms. The number of carbonyl (C=O) groups is 2. The summed E-state index contributed by atoms with van der Waals surface area (Å²) in [6.07, 6.45) is 11.5. The average Bonchev–Trinajstić information content (AvgIpc) is 2.49. The van der Waals surface area contributed by atoms with Gasteiger partial charge in [0.25, 0.3) is 5.91 Å². The number of aromatic nitrogens is 1. The van der Waals surface area contributed by atoms with Crippen LogP contribution in [0.15, 0.2) is 18.3 Å². The van der Waals surface area contributed by atoms with Crippen molar-refractivity contribution in [1.82, 2.24) is 15.6 Å². The van der Waals surface area contributed by atoms with Crippen molar-refractivity contribution >= 4 is 17.6 Å². The maximum Gasteiger partial charge on any atom is 0.253 e. The molecule has 0 unspecified atom stereocenters. The lowest BCUT2D eigenvalue weighted by Crippen LogP contribution is -2.30. The first-order valence-electron chi connectivity index (χ1n) is 5.79. The van der Waals surface area contributed by atoms with Crippen LogP contribution in [0.4, 0.5) is 5.82 Å². The third-order valence-electron chi connectivity index (χ3n) is 2.19. The van der Waals surface area contributed by atoms with Crippen molar-refractivity contribution in [2.24, 2.45) is 0 Å². The molecular formula is C14H14N4O2. The van der Waals surface area contributed by atoms with E-state index in [2.05, 4.69) is 32.8 Å². The molecular weight excluding hydrogens is 256 g/mol. The van der Waals surface area contributed by atoms with E-state index in [0.717, 1.165) is 0 Å². The van der Waals surface area contributed by atoms with Crippen LogP contribution in [0.1, 0.15) is 10.4 Å². The van der Waals surface area contributed by atoms with E-state index in [4.69, 9.17) is 12.8 Å². The zero-order valence-electron chi connectivity index (χ0n) is 10.8. The molecule has 0 aromatic carbocycles. The van der Waals surface area contributed by atoms with Crippen LogP contribution >= 0.6 is 0 Å². The lowest BCUT2D eigenvalue weighted by Gasteiger charge is -2.06. The number of amides is 2. The summed E-state index contributed by atoms with van der Waals surface area (Å²) < 4.78 is 0. The highest BCUT2D eigenvalue weighted by atomic mass is 16.2. The second kappa shape index (κ2) is 8.17. The first-order chi connectivity index (χ1) is 9.67. The Hall–Kier alpha value is -2.99. The van der Waals surface area contributed by atoms with Crippen LogP contribution in [0.2, 0.25) is 0 Å². The van der Waals surface area contributed by atoms with Gasteiger partial charge >= 0.3 is 0 Å². The van der Waals surface area contributed by atoms with Crippen LogP contribution in [0.3, 0.4) is 0 Å². The van der Waals surface area contributed by atoms with Crippen molar-refractivity contribution in [3.63, 3.8) is 0 Å². The maximum atomic E-state index is 11.5. The van der Waals surface area contributed by atoms with E-state index in [-0.39, 0.29) is 31.4 Å². The summed E-state index contributed by atoms with van der Waals surface area (Å²) in [5.41, 5.74) is 0.391. The van der Waals surface area contributed by atoms with Gasteiger partial charge in [-0.2, -0.15) is 0 Å². The second-order valence-electron chi connectivity index (χ2n) is 3.65. The van der Waals surface area contributed by atoms with Gasteiger partial charge in [0.2, 0.25) is 5.91 Å². The van der Waals surface area contributed by atoms with Crippen molar-refractivity contribution in [2.45, 2.75) is 0 Å². The Balaban J connectivity index is 2.47. The number of terminal acetylenes is 2. The molecule has 6 nitrogen and oxygen atoms in total. The smallest absolute Gasteiger partial charge is 0.253 e. The third-order valence-corrected chi connectivity index (χ3v) is 2.19. The molecule has 0 spiro atoms. The molecule has 20 heavy (non-hydrogen) atoms. The number of pyridine rings is 1. The van der Waals surface area contributed by atoms with Gasteiger partial charge in [-0.15, -0.1) is 12.8 Å². The fraction of sp³-hybridized carbons (Fsp3) is 0.214. The van der Waals surface area contributed by atoms with Crippen molar-refractivity contribution in [2.75, 3.05) is 25.0 Å². The molecule has 6 heteroatoms. The van der Waals surface area contributed by atoms with E-state index >= 15 is 0 Å². The highest BCUT2D eigenvalue weighted by molar-refractivity contribution is 5.94. The SMILES string of the molecule is C#CCNC(=O)CNc1ccc(C(=O)NCC#C)cn1. The Morgan fingerprint density at radius 3 is 2.45 bits per heavy atom. The van der Waals surface area contributed by atoms with E-state index in [1.807, 2.05) is 0 Å². The van der Waals surface area contributed by atoms with Crippen LogP contribution in [0, 0.1) is 24.7 Å². The molecule has 1 rings (SSSR count). The lowest BCUT2D eigenvalue weighted by molar-refractivity contribution is -0.119. The van der Waals surface area contributed by atoms with Crippen LogP contribution < -0.4 is 16.0 Å². The van der Waals surface area contributed by atoms with Gasteiger partial charge < -0.3 is 16.0 Å². The Bertz CT molecular complexity index is 552. The minimum absolute atomic E-state index is 0.0529. The number of hydrogen-bond donors (Lipinski definition) is 3. The predicted octanol–water partition coefficient (Wildman–Crippen LogP) is -0.394. The molecule has 0 aliphatic carbocycles. The van der Waals surface area contributed by atoms with Crippen LogP contribution in [-0.2, 0) is 4.79 Å². The monoisotopic (exact) mass is 270 g/mol. The molecule has 3 N–H and O–H groups in total. The fourth-order valence-corrected chi connectivity index (χ4v) is 1.25. The standard InChI is InChI=1S/C14H14N4O2/c1-3-7-15-13(19)10-18-12-6-5-11(9-17-12)14(20)16-8-4-2/h1-2,5-6,9H,7-8,10H2,(H,15,19)(H,16,20)(H,17,18). The molecule has 2 amide bonds. The quantitative estimate of drug-likeness (QED) is 0.615. The normalized spacial score (nSPS) is 8.90. The number of nitrogens with one attached hydrogen (secondary N) is 3. The summed E-state index contributed by atoms with van der Waals surface area (Å²) in [5, 5.41) is 7.84. The topological polar surface area (TPSA) is 83.1 Å². The van der Waals surface area contributed by atoms with E-state index < -0.39 is 0 Å². The number of carbonyl (C=O) groups excluding carboxylic acids is 2. The van der Waals surface area contributed by atoms with Gasteiger partial charge in [-0.3, -0.25) is 9.59 Å². The molecule has 0 saturated heterocycles. The summed E-state index contributed by atoms with van der Waals surface area (Å²) in [4.78, 5) is 26.9. The molecule has 0 aliphatic heterocycles. The van der Waals surface area contributed by atoms with Crippen molar-refractivity contribution in [3.8, 4) is 24.7 Å². The maximum absolute atomic E-state index is 11.5. The van der Waals surface area contributed by atoms with Crippen molar-refractivity contribution in [1.29, 1.82) is 0 Å². The molecule has 1 aromatic rings. The van der Waals surface area contributed by atoms with E-state index in [1.54, 1.807) is 12.1 Å². The van der Waals surface area contributed by atoms with Gasteiger partial charge in [-0.1, -0.05) is 11.8 Å². The summed E-state index contributed by atoms with van der Waals surface area (Å²) in [7, 11) is 0. The van der Waals surface area contributed by atoms with Gasteiger partial charge in [0, 0.05) is 6.20 Å². The Morgan fingerprint density at radius 1 is 1.15 bits per heavy atom. The van der Waals surface area contributed by atoms with Gasteiger partial charge in [-0.05, 0) is 12.1 Å². The number of rotatable bonds is 6. The summed E-state index contributed by atoms with van der Waals surface area (Å²) in [5.74, 6) is 4.55. The molecule has 1 aromatic heterocycles. The molecule has 0 radical (unpaired) electrons. The van der Waals surface area contributed by atoms with Gasteiger partial charge in [0.1, 0.15) is 5.82 Å². The van der Waals surface area contributed by atoms with Crippen molar-refractivity contribution in [3.05, 3.63) is 23.9 Å². The molecule has 0 fully saturated rings. The second-order valence-corrected chi connectivity index (χ2v) is 3.65. The summed E-state index contributed by atoms with van der Waals surface area (Å²) in [6.45, 7) is 0.397. The van der Waals surface area contributed by atoms with Crippen LogP contribution in [0.5, 0.6) is 0 Å². The first-order valence-corrected chi connectivity index (χ1v) is 5.79. The summed E-state index contributed by atoms with van der Waals surface area (Å²) >= 11 is 0. The summed E-state index contributed by atoms with van der Waals surface area (Å²) in [6, 6.07) is 3.18. The molecule has 102 valence electrons. The molecule has 0 atom stereocenters. The Morgan fingerprint density at radius 2 is 1.85 bits per heavy atom. The van der Waals surface area contributed by atoms with Gasteiger partial charge in [-0.25, -0.2) is 4.98 Å². The fourth-order valence-electron chi connectivity index (χ4n) is 1.25. The molecule has 1 heterocycles. The van der Waals surface area contributed by atoms with Crippen molar-refractivity contribution < 1.29 is 9.59 Å². The number of anilines is 1. The van der Waals surface area contributed by atoms with Gasteiger partial charge in [0.15, 0.2) is 0 Å². The highest BCUT2D eigenvalue weighted by Gasteiger charge is 2.05. The Kier molecular flexibility index (Phi) is 6.16. The third kappa shape index (κ3) is 5.11. The average molecular weight is 270 g/mol. The number of nitrogens with zero attached hydrogens (tertiary/aromatic N) is 1. The van der Waals surface area contributed by atoms with Gasteiger partial charge in [0.05, 0.1) is 25.2 Å². The largest absolute Gasteiger partial charge is 0.361 e. The molecule has 0 saturated carbocycles. The van der Waals surface area contributed by atoms with Crippen LogP contribution in [-0.4, -0.2) is 36.4 Å². The molecule has 0 aliphatic rings. The minimum atomic E-state index is -0.297.